The molecule has 1 aliphatic rings. The van der Waals surface area contributed by atoms with Gasteiger partial charge in [-0.05, 0) is 24.6 Å². The molecule has 0 aromatic heterocycles. The maximum Gasteiger partial charge on any atom is 0.419 e. The van der Waals surface area contributed by atoms with Gasteiger partial charge in [0.15, 0.2) is 0 Å². The third kappa shape index (κ3) is 2.32. The van der Waals surface area contributed by atoms with Gasteiger partial charge in [-0.15, -0.1) is 0 Å². The fourth-order valence-corrected chi connectivity index (χ4v) is 2.19. The minimum absolute atomic E-state index is 0.129. The van der Waals surface area contributed by atoms with Crippen molar-refractivity contribution in [3.05, 3.63) is 35.1 Å². The van der Waals surface area contributed by atoms with Crippen LogP contribution in [0.1, 0.15) is 30.4 Å². The van der Waals surface area contributed by atoms with Gasteiger partial charge >= 0.3 is 6.18 Å². The van der Waals surface area contributed by atoms with Crippen molar-refractivity contribution in [1.29, 1.82) is 0 Å². The van der Waals surface area contributed by atoms with Crippen molar-refractivity contribution >= 4 is 5.91 Å². The molecule has 2 unspecified atom stereocenters. The van der Waals surface area contributed by atoms with E-state index >= 15 is 0 Å². The highest BCUT2D eigenvalue weighted by molar-refractivity contribution is 5.80. The first-order valence-corrected chi connectivity index (χ1v) is 5.45. The fraction of sp³-hybridized carbons (Fsp3) is 0.417. The summed E-state index contributed by atoms with van der Waals surface area (Å²) < 4.78 is 50.8. The molecule has 1 aromatic rings. The summed E-state index contributed by atoms with van der Waals surface area (Å²) in [5.41, 5.74) is -0.957. The molecule has 1 aromatic carbocycles. The Hall–Kier alpha value is -1.59. The Kier molecular flexibility index (Phi) is 3.04. The Morgan fingerprint density at radius 2 is 2.00 bits per heavy atom. The second kappa shape index (κ2) is 4.26. The van der Waals surface area contributed by atoms with Gasteiger partial charge in [-0.2, -0.15) is 13.2 Å². The lowest BCUT2D eigenvalue weighted by Crippen LogP contribution is -2.24. The summed E-state index contributed by atoms with van der Waals surface area (Å²) >= 11 is 0. The average Bonchev–Trinajstić information content (AvgIpc) is 2.57. The van der Waals surface area contributed by atoms with E-state index in [0.29, 0.717) is 5.56 Å². The largest absolute Gasteiger partial charge is 0.419 e. The van der Waals surface area contributed by atoms with E-state index in [0.717, 1.165) is 12.1 Å². The Bertz CT molecular complexity index is 483. The van der Waals surface area contributed by atoms with Gasteiger partial charge in [0.05, 0.1) is 5.56 Å². The molecule has 2 rings (SSSR count). The second-order valence-electron chi connectivity index (χ2n) is 4.40. The van der Waals surface area contributed by atoms with Gasteiger partial charge < -0.3 is 5.32 Å². The quantitative estimate of drug-likeness (QED) is 0.774. The smallest absolute Gasteiger partial charge is 0.353 e. The highest BCUT2D eigenvalue weighted by Gasteiger charge is 2.36. The van der Waals surface area contributed by atoms with Crippen LogP contribution >= 0.6 is 0 Å². The molecular formula is C12H11F4NO. The van der Waals surface area contributed by atoms with Gasteiger partial charge in [0.2, 0.25) is 5.91 Å². The van der Waals surface area contributed by atoms with Crippen molar-refractivity contribution < 1.29 is 22.4 Å². The molecule has 1 aliphatic heterocycles. The predicted octanol–water partition coefficient (Wildman–Crippen LogP) is 2.84. The zero-order chi connectivity index (χ0) is 13.5. The monoisotopic (exact) mass is 261 g/mol. The first kappa shape index (κ1) is 12.9. The summed E-state index contributed by atoms with van der Waals surface area (Å²) in [6.45, 7) is 1.71. The minimum Gasteiger partial charge on any atom is -0.353 e. The summed E-state index contributed by atoms with van der Waals surface area (Å²) in [5, 5.41) is 2.62. The number of hydrogen-bond acceptors (Lipinski definition) is 1. The number of hydrogen-bond donors (Lipinski definition) is 1. The van der Waals surface area contributed by atoms with Crippen LogP contribution in [0, 0.1) is 5.82 Å². The normalized spacial score (nSPS) is 24.2. The van der Waals surface area contributed by atoms with Crippen LogP contribution in [0.25, 0.3) is 0 Å². The zero-order valence-corrected chi connectivity index (χ0v) is 9.51. The zero-order valence-electron chi connectivity index (χ0n) is 9.51. The summed E-state index contributed by atoms with van der Waals surface area (Å²) in [6, 6.07) is 2.64. The molecule has 0 aliphatic carbocycles. The molecule has 18 heavy (non-hydrogen) atoms. The van der Waals surface area contributed by atoms with Crippen LogP contribution in [0.15, 0.2) is 18.2 Å². The van der Waals surface area contributed by atoms with Crippen LogP contribution in [-0.4, -0.2) is 11.9 Å². The van der Waals surface area contributed by atoms with Crippen LogP contribution in [0.2, 0.25) is 0 Å². The lowest BCUT2D eigenvalue weighted by molar-refractivity contribution is -0.140. The van der Waals surface area contributed by atoms with Crippen LogP contribution in [-0.2, 0) is 11.0 Å². The number of nitrogens with one attached hydrogen (secondary N) is 1. The summed E-state index contributed by atoms with van der Waals surface area (Å²) in [6.07, 6.45) is -4.59. The molecule has 1 fully saturated rings. The Labute approximate surface area is 101 Å². The molecule has 0 bridgehead atoms. The maximum absolute atomic E-state index is 13.1. The molecule has 1 amide bonds. The molecule has 0 spiro atoms. The van der Waals surface area contributed by atoms with E-state index in [-0.39, 0.29) is 24.3 Å². The molecule has 0 radical (unpaired) electrons. The molecule has 1 heterocycles. The Morgan fingerprint density at radius 3 is 2.50 bits per heavy atom. The van der Waals surface area contributed by atoms with E-state index in [2.05, 4.69) is 5.32 Å². The molecule has 6 heteroatoms. The van der Waals surface area contributed by atoms with Gasteiger partial charge in [-0.25, -0.2) is 4.39 Å². The molecule has 0 saturated carbocycles. The van der Waals surface area contributed by atoms with E-state index in [1.54, 1.807) is 6.92 Å². The topological polar surface area (TPSA) is 29.1 Å². The first-order valence-electron chi connectivity index (χ1n) is 5.45. The highest BCUT2D eigenvalue weighted by atomic mass is 19.4. The number of carbonyl (C=O) groups is 1. The fourth-order valence-electron chi connectivity index (χ4n) is 2.19. The average molecular weight is 261 g/mol. The first-order chi connectivity index (χ1) is 8.29. The number of rotatable bonds is 1. The van der Waals surface area contributed by atoms with Gasteiger partial charge in [0.1, 0.15) is 5.82 Å². The lowest BCUT2D eigenvalue weighted by Gasteiger charge is -2.16. The molecule has 2 atom stereocenters. The van der Waals surface area contributed by atoms with E-state index in [1.807, 2.05) is 0 Å². The molecule has 1 N–H and O–H groups in total. The van der Waals surface area contributed by atoms with E-state index in [4.69, 9.17) is 0 Å². The summed E-state index contributed by atoms with van der Waals surface area (Å²) in [7, 11) is 0. The van der Waals surface area contributed by atoms with Crippen molar-refractivity contribution in [3.8, 4) is 0 Å². The van der Waals surface area contributed by atoms with Gasteiger partial charge in [-0.1, -0.05) is 6.07 Å². The highest BCUT2D eigenvalue weighted by Crippen LogP contribution is 2.35. The molecular weight excluding hydrogens is 250 g/mol. The maximum atomic E-state index is 13.1. The molecule has 98 valence electrons. The van der Waals surface area contributed by atoms with Gasteiger partial charge in [0, 0.05) is 18.4 Å². The van der Waals surface area contributed by atoms with Crippen molar-refractivity contribution in [2.45, 2.75) is 31.5 Å². The Balaban J connectivity index is 2.39. The van der Waals surface area contributed by atoms with E-state index < -0.39 is 17.6 Å². The van der Waals surface area contributed by atoms with Crippen LogP contribution in [0.5, 0.6) is 0 Å². The number of halogens is 4. The summed E-state index contributed by atoms with van der Waals surface area (Å²) in [5.74, 6) is -1.85. The number of benzene rings is 1. The summed E-state index contributed by atoms with van der Waals surface area (Å²) in [4.78, 5) is 11.2. The number of amides is 1. The van der Waals surface area contributed by atoms with Crippen molar-refractivity contribution in [2.75, 3.05) is 0 Å². The van der Waals surface area contributed by atoms with Crippen LogP contribution in [0.4, 0.5) is 17.6 Å². The third-order valence-corrected chi connectivity index (χ3v) is 3.12. The van der Waals surface area contributed by atoms with Crippen molar-refractivity contribution in [3.63, 3.8) is 0 Å². The second-order valence-corrected chi connectivity index (χ2v) is 4.40. The van der Waals surface area contributed by atoms with Crippen LogP contribution < -0.4 is 5.32 Å². The van der Waals surface area contributed by atoms with Crippen molar-refractivity contribution in [2.24, 2.45) is 0 Å². The third-order valence-electron chi connectivity index (χ3n) is 3.12. The minimum atomic E-state index is -4.72. The standard InChI is InChI=1S/C12H11F4NO/c1-6-8(5-11(18)17-6)7-2-3-10(13)9(4-7)12(14,15)16/h2-4,6,8H,5H2,1H3,(H,17,18). The van der Waals surface area contributed by atoms with Crippen LogP contribution in [0.3, 0.4) is 0 Å². The SMILES string of the molecule is CC1NC(=O)CC1c1ccc(F)c(C(F)(F)F)c1. The number of alkyl halides is 3. The predicted molar refractivity (Wildman–Crippen MR) is 56.4 cm³/mol. The molecule has 2 nitrogen and oxygen atoms in total. The molecule has 1 saturated heterocycles. The van der Waals surface area contributed by atoms with Gasteiger partial charge in [-0.3, -0.25) is 4.79 Å². The van der Waals surface area contributed by atoms with E-state index in [9.17, 15) is 22.4 Å². The van der Waals surface area contributed by atoms with E-state index in [1.165, 1.54) is 6.07 Å². The number of carbonyl (C=O) groups excluding carboxylic acids is 1. The van der Waals surface area contributed by atoms with Gasteiger partial charge in [0.25, 0.3) is 0 Å². The van der Waals surface area contributed by atoms with Crippen molar-refractivity contribution in [1.82, 2.24) is 5.32 Å². The Morgan fingerprint density at radius 1 is 1.33 bits per heavy atom. The lowest BCUT2D eigenvalue weighted by atomic mass is 9.91.